The van der Waals surface area contributed by atoms with Crippen LogP contribution in [0, 0.1) is 6.57 Å². The molecule has 5 heteroatoms. The highest BCUT2D eigenvalue weighted by molar-refractivity contribution is 5.68. The smallest absolute Gasteiger partial charge is 0.410 e. The molecule has 0 unspecified atom stereocenters. The maximum atomic E-state index is 11.8. The van der Waals surface area contributed by atoms with Gasteiger partial charge in [-0.05, 0) is 20.8 Å². The molecular formula is C12H21N3O2. The number of hydrogen-bond acceptors (Lipinski definition) is 3. The Kier molecular flexibility index (Phi) is 4.76. The number of nitrogens with zero attached hydrogens (tertiary/aromatic N) is 3. The molecule has 1 rings (SSSR count). The van der Waals surface area contributed by atoms with Gasteiger partial charge in [-0.2, -0.15) is 0 Å². The lowest BCUT2D eigenvalue weighted by atomic mass is 10.2. The number of carbonyl (C=O) groups excluding carboxylic acids is 1. The van der Waals surface area contributed by atoms with Crippen LogP contribution in [0.25, 0.3) is 4.85 Å². The first-order valence-corrected chi connectivity index (χ1v) is 5.96. The molecule has 1 fully saturated rings. The highest BCUT2D eigenvalue weighted by atomic mass is 16.6. The number of rotatable bonds is 2. The Morgan fingerprint density at radius 2 is 1.88 bits per heavy atom. The number of hydrogen-bond donors (Lipinski definition) is 0. The maximum Gasteiger partial charge on any atom is 0.410 e. The van der Waals surface area contributed by atoms with Crippen LogP contribution in [0.5, 0.6) is 0 Å². The minimum absolute atomic E-state index is 0.234. The maximum absolute atomic E-state index is 11.8. The summed E-state index contributed by atoms with van der Waals surface area (Å²) in [6.07, 6.45) is -0.234. The lowest BCUT2D eigenvalue weighted by Gasteiger charge is -2.34. The van der Waals surface area contributed by atoms with Crippen molar-refractivity contribution in [1.29, 1.82) is 0 Å². The van der Waals surface area contributed by atoms with E-state index in [0.717, 1.165) is 19.6 Å². The van der Waals surface area contributed by atoms with Gasteiger partial charge < -0.3 is 14.5 Å². The minimum Gasteiger partial charge on any atom is -0.444 e. The molecule has 1 aliphatic rings. The van der Waals surface area contributed by atoms with Gasteiger partial charge in [-0.15, -0.1) is 0 Å². The van der Waals surface area contributed by atoms with Gasteiger partial charge in [-0.25, -0.2) is 11.4 Å². The topological polar surface area (TPSA) is 37.1 Å². The molecule has 5 nitrogen and oxygen atoms in total. The summed E-state index contributed by atoms with van der Waals surface area (Å²) >= 11 is 0. The molecule has 96 valence electrons. The Morgan fingerprint density at radius 3 is 2.35 bits per heavy atom. The van der Waals surface area contributed by atoms with E-state index in [1.54, 1.807) is 4.90 Å². The Morgan fingerprint density at radius 1 is 1.29 bits per heavy atom. The van der Waals surface area contributed by atoms with Gasteiger partial charge in [0.15, 0.2) is 0 Å². The fourth-order valence-electron chi connectivity index (χ4n) is 1.67. The zero-order chi connectivity index (χ0) is 12.9. The van der Waals surface area contributed by atoms with Gasteiger partial charge in [0.05, 0.1) is 6.54 Å². The highest BCUT2D eigenvalue weighted by Gasteiger charge is 2.25. The van der Waals surface area contributed by atoms with Gasteiger partial charge in [0, 0.05) is 26.2 Å². The van der Waals surface area contributed by atoms with Crippen molar-refractivity contribution in [3.8, 4) is 0 Å². The van der Waals surface area contributed by atoms with Crippen LogP contribution in [0.4, 0.5) is 4.79 Å². The molecule has 1 amide bonds. The number of carbonyl (C=O) groups is 1. The minimum atomic E-state index is -0.432. The third kappa shape index (κ3) is 5.05. The van der Waals surface area contributed by atoms with Crippen molar-refractivity contribution in [2.24, 2.45) is 0 Å². The average Bonchev–Trinajstić information content (AvgIpc) is 2.24. The first-order chi connectivity index (χ1) is 7.92. The van der Waals surface area contributed by atoms with E-state index in [1.165, 1.54) is 0 Å². The monoisotopic (exact) mass is 239 g/mol. The van der Waals surface area contributed by atoms with Crippen molar-refractivity contribution in [2.45, 2.75) is 26.4 Å². The van der Waals surface area contributed by atoms with Crippen LogP contribution in [0.15, 0.2) is 0 Å². The van der Waals surface area contributed by atoms with E-state index in [-0.39, 0.29) is 6.09 Å². The van der Waals surface area contributed by atoms with Crippen LogP contribution < -0.4 is 0 Å². The third-order valence-corrected chi connectivity index (χ3v) is 2.55. The van der Waals surface area contributed by atoms with Crippen LogP contribution in [0.1, 0.15) is 20.8 Å². The summed E-state index contributed by atoms with van der Waals surface area (Å²) in [6.45, 7) is 16.7. The van der Waals surface area contributed by atoms with E-state index >= 15 is 0 Å². The average molecular weight is 239 g/mol. The number of piperazine rings is 1. The van der Waals surface area contributed by atoms with Gasteiger partial charge in [-0.3, -0.25) is 4.90 Å². The van der Waals surface area contributed by atoms with Crippen LogP contribution in [0.3, 0.4) is 0 Å². The predicted octanol–water partition coefficient (Wildman–Crippen LogP) is 1.46. The predicted molar refractivity (Wildman–Crippen MR) is 65.7 cm³/mol. The Hall–Kier alpha value is -1.28. The van der Waals surface area contributed by atoms with E-state index in [2.05, 4.69) is 9.74 Å². The molecule has 0 radical (unpaired) electrons. The van der Waals surface area contributed by atoms with Gasteiger partial charge in [0.25, 0.3) is 0 Å². The normalized spacial score (nSPS) is 17.6. The van der Waals surface area contributed by atoms with E-state index < -0.39 is 5.60 Å². The van der Waals surface area contributed by atoms with Gasteiger partial charge in [0.1, 0.15) is 5.60 Å². The second kappa shape index (κ2) is 5.87. The first-order valence-electron chi connectivity index (χ1n) is 5.96. The molecule has 0 saturated carbocycles. The summed E-state index contributed by atoms with van der Waals surface area (Å²) < 4.78 is 5.31. The summed E-state index contributed by atoms with van der Waals surface area (Å²) in [7, 11) is 0. The van der Waals surface area contributed by atoms with Gasteiger partial charge in [0.2, 0.25) is 6.54 Å². The molecule has 0 bridgehead atoms. The van der Waals surface area contributed by atoms with Crippen LogP contribution in [0.2, 0.25) is 0 Å². The van der Waals surface area contributed by atoms with Gasteiger partial charge >= 0.3 is 6.09 Å². The van der Waals surface area contributed by atoms with Crippen molar-refractivity contribution in [3.05, 3.63) is 11.4 Å². The number of amides is 1. The van der Waals surface area contributed by atoms with Crippen molar-refractivity contribution in [3.63, 3.8) is 0 Å². The third-order valence-electron chi connectivity index (χ3n) is 2.55. The summed E-state index contributed by atoms with van der Waals surface area (Å²) in [4.78, 5) is 19.0. The fourth-order valence-corrected chi connectivity index (χ4v) is 1.67. The van der Waals surface area contributed by atoms with Crippen LogP contribution in [-0.2, 0) is 4.74 Å². The largest absolute Gasteiger partial charge is 0.444 e. The van der Waals surface area contributed by atoms with E-state index in [4.69, 9.17) is 11.3 Å². The molecule has 1 heterocycles. The highest BCUT2D eigenvalue weighted by Crippen LogP contribution is 2.11. The molecule has 0 atom stereocenters. The molecular weight excluding hydrogens is 218 g/mol. The molecule has 1 saturated heterocycles. The molecule has 0 spiro atoms. The Labute approximate surface area is 103 Å². The molecule has 1 aliphatic heterocycles. The van der Waals surface area contributed by atoms with Crippen molar-refractivity contribution < 1.29 is 9.53 Å². The molecule has 0 aromatic heterocycles. The van der Waals surface area contributed by atoms with E-state index in [0.29, 0.717) is 19.6 Å². The second-order valence-electron chi connectivity index (χ2n) is 5.19. The second-order valence-corrected chi connectivity index (χ2v) is 5.19. The van der Waals surface area contributed by atoms with Crippen molar-refractivity contribution in [2.75, 3.05) is 39.3 Å². The summed E-state index contributed by atoms with van der Waals surface area (Å²) in [5, 5.41) is 0. The number of ether oxygens (including phenoxy) is 1. The lowest BCUT2D eigenvalue weighted by molar-refractivity contribution is 0.0149. The van der Waals surface area contributed by atoms with Crippen LogP contribution >= 0.6 is 0 Å². The Bertz CT molecular complexity index is 296. The molecule has 17 heavy (non-hydrogen) atoms. The van der Waals surface area contributed by atoms with Crippen molar-refractivity contribution in [1.82, 2.24) is 9.80 Å². The zero-order valence-electron chi connectivity index (χ0n) is 10.9. The summed E-state index contributed by atoms with van der Waals surface area (Å²) in [5.41, 5.74) is -0.432. The lowest BCUT2D eigenvalue weighted by Crippen LogP contribution is -2.50. The zero-order valence-corrected chi connectivity index (χ0v) is 10.9. The molecule has 0 aliphatic carbocycles. The molecule has 0 N–H and O–H groups in total. The Balaban J connectivity index is 2.32. The van der Waals surface area contributed by atoms with Crippen molar-refractivity contribution >= 4 is 6.09 Å². The fraction of sp³-hybridized carbons (Fsp3) is 0.833. The standard InChI is InChI=1S/C12H21N3O2/c1-12(2,3)17-11(16)15-9-7-14(8-10-15)6-5-13-4/h5-10H2,1-3H3. The van der Waals surface area contributed by atoms with Crippen LogP contribution in [-0.4, -0.2) is 60.8 Å². The molecule has 0 aromatic rings. The quantitative estimate of drug-likeness (QED) is 0.685. The van der Waals surface area contributed by atoms with E-state index in [9.17, 15) is 4.79 Å². The SMILES string of the molecule is [C-]#[N+]CCN1CCN(C(=O)OC(C)(C)C)CC1. The van der Waals surface area contributed by atoms with Gasteiger partial charge in [-0.1, -0.05) is 0 Å². The molecule has 0 aromatic carbocycles. The summed E-state index contributed by atoms with van der Waals surface area (Å²) in [5.74, 6) is 0. The first kappa shape index (κ1) is 13.8. The summed E-state index contributed by atoms with van der Waals surface area (Å²) in [6, 6.07) is 0. The van der Waals surface area contributed by atoms with E-state index in [1.807, 2.05) is 20.8 Å².